The zero-order chi connectivity index (χ0) is 15.5. The topological polar surface area (TPSA) is 18.5 Å². The first kappa shape index (κ1) is 15.8. The highest BCUT2D eigenvalue weighted by Crippen LogP contribution is 2.37. The van der Waals surface area contributed by atoms with E-state index in [2.05, 4.69) is 50.8 Å². The molecule has 1 aliphatic rings. The molecule has 0 saturated carbocycles. The first-order valence-electron chi connectivity index (χ1n) is 7.62. The van der Waals surface area contributed by atoms with Crippen LogP contribution in [0.1, 0.15) is 16.5 Å². The van der Waals surface area contributed by atoms with E-state index in [1.54, 1.807) is 0 Å². The van der Waals surface area contributed by atoms with Crippen LogP contribution in [0.4, 0.5) is 5.69 Å². The lowest BCUT2D eigenvalue weighted by Gasteiger charge is -2.35. The Labute approximate surface area is 141 Å². The average molecular weight is 336 g/mol. The molecule has 0 amide bonds. The molecule has 1 fully saturated rings. The van der Waals surface area contributed by atoms with E-state index >= 15 is 0 Å². The number of nitrogens with one attached hydrogen (secondary N) is 1. The largest absolute Gasteiger partial charge is 0.378 e. The Balaban J connectivity index is 1.98. The third kappa shape index (κ3) is 3.30. The fourth-order valence-corrected chi connectivity index (χ4v) is 4.09. The van der Waals surface area contributed by atoms with Crippen LogP contribution < -0.4 is 10.2 Å². The SMILES string of the molecule is CN(C)c1ccc([C@@H](c2cccs2)N2CCNCC2)c(Cl)c1. The van der Waals surface area contributed by atoms with Crippen molar-refractivity contribution in [2.24, 2.45) is 0 Å². The van der Waals surface area contributed by atoms with Crippen molar-refractivity contribution in [3.8, 4) is 0 Å². The highest BCUT2D eigenvalue weighted by molar-refractivity contribution is 7.10. The second-order valence-corrected chi connectivity index (χ2v) is 7.19. The number of rotatable bonds is 4. The summed E-state index contributed by atoms with van der Waals surface area (Å²) in [5.41, 5.74) is 2.34. The summed E-state index contributed by atoms with van der Waals surface area (Å²) in [4.78, 5) is 5.97. The van der Waals surface area contributed by atoms with Crippen LogP contribution in [0.5, 0.6) is 0 Å². The van der Waals surface area contributed by atoms with Crippen molar-refractivity contribution in [2.45, 2.75) is 6.04 Å². The summed E-state index contributed by atoms with van der Waals surface area (Å²) in [6, 6.07) is 11.0. The molecule has 1 aliphatic heterocycles. The second-order valence-electron chi connectivity index (χ2n) is 5.80. The summed E-state index contributed by atoms with van der Waals surface area (Å²) >= 11 is 8.45. The maximum Gasteiger partial charge on any atom is 0.0711 e. The Morgan fingerprint density at radius 1 is 1.23 bits per heavy atom. The van der Waals surface area contributed by atoms with E-state index < -0.39 is 0 Å². The third-order valence-electron chi connectivity index (χ3n) is 4.12. The molecular weight excluding hydrogens is 314 g/mol. The maximum atomic E-state index is 6.64. The fourth-order valence-electron chi connectivity index (χ4n) is 2.93. The van der Waals surface area contributed by atoms with Gasteiger partial charge in [-0.25, -0.2) is 0 Å². The first-order chi connectivity index (χ1) is 10.7. The van der Waals surface area contributed by atoms with Gasteiger partial charge in [-0.15, -0.1) is 11.3 Å². The van der Waals surface area contributed by atoms with Gasteiger partial charge in [0.15, 0.2) is 0 Å². The standard InChI is InChI=1S/C17H22ClN3S/c1-20(2)13-5-6-14(15(18)12-13)17(16-4-3-11-22-16)21-9-7-19-8-10-21/h3-6,11-12,17,19H,7-10H2,1-2H3/t17-/m0/s1. The van der Waals surface area contributed by atoms with Crippen LogP contribution >= 0.6 is 22.9 Å². The van der Waals surface area contributed by atoms with Gasteiger partial charge in [0.25, 0.3) is 0 Å². The summed E-state index contributed by atoms with van der Waals surface area (Å²) in [7, 11) is 4.08. The minimum atomic E-state index is 0.255. The van der Waals surface area contributed by atoms with Crippen LogP contribution in [-0.4, -0.2) is 45.2 Å². The summed E-state index contributed by atoms with van der Waals surface area (Å²) < 4.78 is 0. The molecule has 22 heavy (non-hydrogen) atoms. The van der Waals surface area contributed by atoms with E-state index in [1.807, 2.05) is 25.4 Å². The number of anilines is 1. The monoisotopic (exact) mass is 335 g/mol. The molecular formula is C17H22ClN3S. The molecule has 0 aliphatic carbocycles. The summed E-state index contributed by atoms with van der Waals surface area (Å²) in [5, 5.41) is 6.42. The summed E-state index contributed by atoms with van der Waals surface area (Å²) in [6.07, 6.45) is 0. The van der Waals surface area contributed by atoms with Crippen LogP contribution in [0.25, 0.3) is 0 Å². The number of hydrogen-bond donors (Lipinski definition) is 1. The van der Waals surface area contributed by atoms with Crippen LogP contribution in [0, 0.1) is 0 Å². The van der Waals surface area contributed by atoms with Gasteiger partial charge in [0.05, 0.1) is 6.04 Å². The number of hydrogen-bond acceptors (Lipinski definition) is 4. The van der Waals surface area contributed by atoms with E-state index in [-0.39, 0.29) is 6.04 Å². The van der Waals surface area contributed by atoms with E-state index in [0.29, 0.717) is 0 Å². The lowest BCUT2D eigenvalue weighted by molar-refractivity contribution is 0.201. The van der Waals surface area contributed by atoms with Gasteiger partial charge in [0.2, 0.25) is 0 Å². The molecule has 1 aromatic heterocycles. The van der Waals surface area contributed by atoms with Gasteiger partial charge in [0.1, 0.15) is 0 Å². The lowest BCUT2D eigenvalue weighted by atomic mass is 10.0. The summed E-state index contributed by atoms with van der Waals surface area (Å²) in [5.74, 6) is 0. The number of piperazine rings is 1. The van der Waals surface area contributed by atoms with Crippen molar-refractivity contribution < 1.29 is 0 Å². The lowest BCUT2D eigenvalue weighted by Crippen LogP contribution is -2.45. The molecule has 1 atom stereocenters. The minimum absolute atomic E-state index is 0.255. The molecule has 0 bridgehead atoms. The number of nitrogens with zero attached hydrogens (tertiary/aromatic N) is 2. The normalized spacial score (nSPS) is 17.4. The molecule has 1 saturated heterocycles. The Morgan fingerprint density at radius 3 is 2.59 bits per heavy atom. The van der Waals surface area contributed by atoms with Crippen molar-refractivity contribution in [2.75, 3.05) is 45.2 Å². The minimum Gasteiger partial charge on any atom is -0.378 e. The first-order valence-corrected chi connectivity index (χ1v) is 8.87. The molecule has 118 valence electrons. The molecule has 0 radical (unpaired) electrons. The van der Waals surface area contributed by atoms with Crippen LogP contribution in [0.2, 0.25) is 5.02 Å². The average Bonchev–Trinajstić information content (AvgIpc) is 3.04. The highest BCUT2D eigenvalue weighted by atomic mass is 35.5. The van der Waals surface area contributed by atoms with Crippen molar-refractivity contribution in [1.82, 2.24) is 10.2 Å². The van der Waals surface area contributed by atoms with Crippen molar-refractivity contribution in [3.63, 3.8) is 0 Å². The van der Waals surface area contributed by atoms with Gasteiger partial charge >= 0.3 is 0 Å². The number of thiophene rings is 1. The maximum absolute atomic E-state index is 6.64. The van der Waals surface area contributed by atoms with Gasteiger partial charge in [-0.2, -0.15) is 0 Å². The van der Waals surface area contributed by atoms with Gasteiger partial charge in [-0.05, 0) is 29.1 Å². The van der Waals surface area contributed by atoms with Crippen LogP contribution in [-0.2, 0) is 0 Å². The Bertz CT molecular complexity index is 606. The predicted molar refractivity (Wildman–Crippen MR) is 96.4 cm³/mol. The number of benzene rings is 1. The van der Waals surface area contributed by atoms with Crippen molar-refractivity contribution in [1.29, 1.82) is 0 Å². The molecule has 3 rings (SSSR count). The molecule has 3 nitrogen and oxygen atoms in total. The van der Waals surface area contributed by atoms with E-state index in [1.165, 1.54) is 10.4 Å². The van der Waals surface area contributed by atoms with Gasteiger partial charge in [0, 0.05) is 55.9 Å². The molecule has 2 aromatic rings. The van der Waals surface area contributed by atoms with Gasteiger partial charge in [-0.3, -0.25) is 4.90 Å². The van der Waals surface area contributed by atoms with Gasteiger partial charge in [-0.1, -0.05) is 23.7 Å². The Hall–Kier alpha value is -1.07. The third-order valence-corrected chi connectivity index (χ3v) is 5.38. The summed E-state index contributed by atoms with van der Waals surface area (Å²) in [6.45, 7) is 4.17. The molecule has 0 spiro atoms. The van der Waals surface area contributed by atoms with E-state index in [4.69, 9.17) is 11.6 Å². The smallest absolute Gasteiger partial charge is 0.0711 e. The predicted octanol–water partition coefficient (Wildman–Crippen LogP) is 3.46. The number of halogens is 1. The van der Waals surface area contributed by atoms with Crippen molar-refractivity contribution >= 4 is 28.6 Å². The molecule has 0 unspecified atom stereocenters. The molecule has 1 aromatic carbocycles. The van der Waals surface area contributed by atoms with Crippen molar-refractivity contribution in [3.05, 3.63) is 51.2 Å². The van der Waals surface area contributed by atoms with E-state index in [9.17, 15) is 0 Å². The fraction of sp³-hybridized carbons (Fsp3) is 0.412. The molecule has 2 heterocycles. The zero-order valence-corrected chi connectivity index (χ0v) is 14.6. The van der Waals surface area contributed by atoms with Crippen LogP contribution in [0.3, 0.4) is 0 Å². The van der Waals surface area contributed by atoms with Gasteiger partial charge < -0.3 is 10.2 Å². The zero-order valence-electron chi connectivity index (χ0n) is 13.1. The Morgan fingerprint density at radius 2 is 2.00 bits per heavy atom. The highest BCUT2D eigenvalue weighted by Gasteiger charge is 2.26. The Kier molecular flexibility index (Phi) is 5.03. The van der Waals surface area contributed by atoms with E-state index in [0.717, 1.165) is 36.9 Å². The molecule has 5 heteroatoms. The molecule has 1 N–H and O–H groups in total. The van der Waals surface area contributed by atoms with Crippen LogP contribution in [0.15, 0.2) is 35.7 Å². The second kappa shape index (κ2) is 7.01. The quantitative estimate of drug-likeness (QED) is 0.923.